The van der Waals surface area contributed by atoms with Gasteiger partial charge in [0.05, 0.1) is 25.2 Å². The van der Waals surface area contributed by atoms with Gasteiger partial charge in [-0.05, 0) is 43.5 Å². The van der Waals surface area contributed by atoms with Gasteiger partial charge < -0.3 is 13.9 Å². The molecule has 0 saturated carbocycles. The van der Waals surface area contributed by atoms with Gasteiger partial charge in [0.15, 0.2) is 0 Å². The predicted molar refractivity (Wildman–Crippen MR) is 89.3 cm³/mol. The molecule has 1 fully saturated rings. The number of ether oxygens (including phenoxy) is 2. The van der Waals surface area contributed by atoms with Crippen LogP contribution in [0.4, 0.5) is 0 Å². The standard InChI is InChI=1S/C18H23NO4/c1-13-10-15(18-14(2)12-17(20)23-16(18)11-13)22-7-3-4-19-5-8-21-9-6-19/h10-12H,3-9H2,1-2H3. The molecular formula is C18H23NO4. The molecule has 5 nitrogen and oxygen atoms in total. The average Bonchev–Trinajstić information content (AvgIpc) is 2.51. The Bertz CT molecular complexity index is 732. The highest BCUT2D eigenvalue weighted by Gasteiger charge is 2.12. The van der Waals surface area contributed by atoms with Gasteiger partial charge in [0.2, 0.25) is 0 Å². The van der Waals surface area contributed by atoms with Crippen molar-refractivity contribution in [1.29, 1.82) is 0 Å². The number of aryl methyl sites for hydroxylation is 2. The molecule has 5 heteroatoms. The highest BCUT2D eigenvalue weighted by Crippen LogP contribution is 2.29. The number of morpholine rings is 1. The lowest BCUT2D eigenvalue weighted by Crippen LogP contribution is -2.37. The van der Waals surface area contributed by atoms with E-state index in [1.165, 1.54) is 6.07 Å². The summed E-state index contributed by atoms with van der Waals surface area (Å²) >= 11 is 0. The van der Waals surface area contributed by atoms with Crippen LogP contribution in [0.2, 0.25) is 0 Å². The van der Waals surface area contributed by atoms with Crippen LogP contribution >= 0.6 is 0 Å². The summed E-state index contributed by atoms with van der Waals surface area (Å²) in [6.45, 7) is 9.19. The molecular weight excluding hydrogens is 294 g/mol. The zero-order valence-electron chi connectivity index (χ0n) is 13.8. The van der Waals surface area contributed by atoms with Gasteiger partial charge in [-0.1, -0.05) is 0 Å². The third kappa shape index (κ3) is 3.92. The number of fused-ring (bicyclic) bond motifs is 1. The molecule has 3 rings (SSSR count). The Morgan fingerprint density at radius 3 is 2.74 bits per heavy atom. The minimum atomic E-state index is -0.320. The molecule has 0 radical (unpaired) electrons. The van der Waals surface area contributed by atoms with Gasteiger partial charge in [-0.25, -0.2) is 4.79 Å². The summed E-state index contributed by atoms with van der Waals surface area (Å²) in [4.78, 5) is 13.9. The number of hydrogen-bond acceptors (Lipinski definition) is 5. The molecule has 0 bridgehead atoms. The minimum absolute atomic E-state index is 0.320. The Morgan fingerprint density at radius 2 is 1.96 bits per heavy atom. The predicted octanol–water partition coefficient (Wildman–Crippen LogP) is 2.51. The van der Waals surface area contributed by atoms with E-state index in [1.807, 2.05) is 26.0 Å². The van der Waals surface area contributed by atoms with Crippen molar-refractivity contribution in [1.82, 2.24) is 4.90 Å². The molecule has 0 atom stereocenters. The van der Waals surface area contributed by atoms with Crippen LogP contribution in [-0.4, -0.2) is 44.4 Å². The normalized spacial score (nSPS) is 15.9. The largest absolute Gasteiger partial charge is 0.493 e. The van der Waals surface area contributed by atoms with Gasteiger partial charge in [-0.3, -0.25) is 4.90 Å². The summed E-state index contributed by atoms with van der Waals surface area (Å²) in [6.07, 6.45) is 0.964. The average molecular weight is 317 g/mol. The molecule has 0 spiro atoms. The monoisotopic (exact) mass is 317 g/mol. The summed E-state index contributed by atoms with van der Waals surface area (Å²) in [5, 5.41) is 0.890. The Hall–Kier alpha value is -1.85. The molecule has 1 aliphatic heterocycles. The van der Waals surface area contributed by atoms with Crippen molar-refractivity contribution in [2.24, 2.45) is 0 Å². The van der Waals surface area contributed by atoms with Crippen LogP contribution in [0, 0.1) is 13.8 Å². The summed E-state index contributed by atoms with van der Waals surface area (Å²) < 4.78 is 16.7. The van der Waals surface area contributed by atoms with Crippen molar-refractivity contribution < 1.29 is 13.9 Å². The third-order valence-electron chi connectivity index (χ3n) is 4.13. The molecule has 1 aliphatic rings. The van der Waals surface area contributed by atoms with Crippen molar-refractivity contribution in [2.75, 3.05) is 39.5 Å². The van der Waals surface area contributed by atoms with E-state index in [9.17, 15) is 4.79 Å². The zero-order valence-corrected chi connectivity index (χ0v) is 13.8. The lowest BCUT2D eigenvalue weighted by Gasteiger charge is -2.26. The number of benzene rings is 1. The summed E-state index contributed by atoms with van der Waals surface area (Å²) in [5.41, 5.74) is 2.19. The maximum Gasteiger partial charge on any atom is 0.336 e. The van der Waals surface area contributed by atoms with Crippen LogP contribution < -0.4 is 10.4 Å². The maximum atomic E-state index is 11.5. The quantitative estimate of drug-likeness (QED) is 0.626. The van der Waals surface area contributed by atoms with Gasteiger partial charge >= 0.3 is 5.63 Å². The lowest BCUT2D eigenvalue weighted by atomic mass is 10.1. The molecule has 1 aromatic heterocycles. The van der Waals surface area contributed by atoms with Crippen molar-refractivity contribution in [3.63, 3.8) is 0 Å². The Labute approximate surface area is 135 Å². The minimum Gasteiger partial charge on any atom is -0.493 e. The molecule has 23 heavy (non-hydrogen) atoms. The Kier molecular flexibility index (Phi) is 4.98. The first kappa shape index (κ1) is 16.0. The smallest absolute Gasteiger partial charge is 0.336 e. The molecule has 0 aliphatic carbocycles. The SMILES string of the molecule is Cc1cc(OCCCN2CCOCC2)c2c(C)cc(=O)oc2c1. The maximum absolute atomic E-state index is 11.5. The fourth-order valence-corrected chi connectivity index (χ4v) is 2.99. The van der Waals surface area contributed by atoms with Crippen LogP contribution in [-0.2, 0) is 4.74 Å². The van der Waals surface area contributed by atoms with E-state index in [2.05, 4.69) is 4.90 Å². The molecule has 2 aromatic rings. The zero-order chi connectivity index (χ0) is 16.2. The van der Waals surface area contributed by atoms with Crippen LogP contribution in [0.3, 0.4) is 0 Å². The van der Waals surface area contributed by atoms with E-state index in [0.717, 1.165) is 61.5 Å². The second kappa shape index (κ2) is 7.15. The van der Waals surface area contributed by atoms with Gasteiger partial charge in [0.25, 0.3) is 0 Å². The van der Waals surface area contributed by atoms with Crippen molar-refractivity contribution in [3.05, 3.63) is 39.7 Å². The lowest BCUT2D eigenvalue weighted by molar-refractivity contribution is 0.0358. The molecule has 124 valence electrons. The molecule has 0 amide bonds. The highest BCUT2D eigenvalue weighted by molar-refractivity contribution is 5.87. The van der Waals surface area contributed by atoms with E-state index in [0.29, 0.717) is 12.2 Å². The number of rotatable bonds is 5. The molecule has 2 heterocycles. The van der Waals surface area contributed by atoms with Crippen molar-refractivity contribution in [3.8, 4) is 5.75 Å². The van der Waals surface area contributed by atoms with Crippen molar-refractivity contribution >= 4 is 11.0 Å². The summed E-state index contributed by atoms with van der Waals surface area (Å²) in [5.74, 6) is 0.795. The Balaban J connectivity index is 1.68. The Morgan fingerprint density at radius 1 is 1.17 bits per heavy atom. The van der Waals surface area contributed by atoms with Gasteiger partial charge in [-0.2, -0.15) is 0 Å². The van der Waals surface area contributed by atoms with Crippen molar-refractivity contribution in [2.45, 2.75) is 20.3 Å². The first-order valence-corrected chi connectivity index (χ1v) is 8.11. The fourth-order valence-electron chi connectivity index (χ4n) is 2.99. The molecule has 0 N–H and O–H groups in total. The van der Waals surface area contributed by atoms with Crippen LogP contribution in [0.1, 0.15) is 17.5 Å². The van der Waals surface area contributed by atoms with E-state index in [1.54, 1.807) is 0 Å². The van der Waals surface area contributed by atoms with E-state index >= 15 is 0 Å². The fraction of sp³-hybridized carbons (Fsp3) is 0.500. The van der Waals surface area contributed by atoms with Gasteiger partial charge in [0.1, 0.15) is 11.3 Å². The van der Waals surface area contributed by atoms with E-state index in [-0.39, 0.29) is 5.63 Å². The van der Waals surface area contributed by atoms with Crippen LogP contribution in [0.25, 0.3) is 11.0 Å². The van der Waals surface area contributed by atoms with Crippen LogP contribution in [0.15, 0.2) is 27.4 Å². The number of hydrogen-bond donors (Lipinski definition) is 0. The molecule has 0 unspecified atom stereocenters. The van der Waals surface area contributed by atoms with Gasteiger partial charge in [-0.15, -0.1) is 0 Å². The number of nitrogens with zero attached hydrogens (tertiary/aromatic N) is 1. The molecule has 1 aromatic carbocycles. The highest BCUT2D eigenvalue weighted by atomic mass is 16.5. The summed E-state index contributed by atoms with van der Waals surface area (Å²) in [6, 6.07) is 5.40. The second-order valence-electron chi connectivity index (χ2n) is 6.04. The third-order valence-corrected chi connectivity index (χ3v) is 4.13. The topological polar surface area (TPSA) is 51.9 Å². The van der Waals surface area contributed by atoms with E-state index < -0.39 is 0 Å². The molecule has 1 saturated heterocycles. The first-order chi connectivity index (χ1) is 11.1. The van der Waals surface area contributed by atoms with E-state index in [4.69, 9.17) is 13.9 Å². The summed E-state index contributed by atoms with van der Waals surface area (Å²) in [7, 11) is 0. The van der Waals surface area contributed by atoms with Crippen LogP contribution in [0.5, 0.6) is 5.75 Å². The van der Waals surface area contributed by atoms with Gasteiger partial charge in [0, 0.05) is 25.7 Å². The second-order valence-corrected chi connectivity index (χ2v) is 6.04. The first-order valence-electron chi connectivity index (χ1n) is 8.11.